The van der Waals surface area contributed by atoms with Crippen LogP contribution in [0.5, 0.6) is 5.75 Å². The van der Waals surface area contributed by atoms with Crippen LogP contribution in [-0.2, 0) is 10.3 Å². The van der Waals surface area contributed by atoms with Crippen molar-refractivity contribution in [2.45, 2.75) is 26.3 Å². The Balaban J connectivity index is 2.28. The lowest BCUT2D eigenvalue weighted by molar-refractivity contribution is -0.385. The Morgan fingerprint density at radius 3 is 2.50 bits per heavy atom. The van der Waals surface area contributed by atoms with Crippen LogP contribution in [0.25, 0.3) is 11.1 Å². The summed E-state index contributed by atoms with van der Waals surface area (Å²) in [6.45, 7) is 5.32. The van der Waals surface area contributed by atoms with E-state index < -0.39 is 10.5 Å². The van der Waals surface area contributed by atoms with E-state index in [-0.39, 0.29) is 18.3 Å². The number of hydrogen-bond acceptors (Lipinski definition) is 4. The number of non-ortho nitro benzene ring substituents is 1. The van der Waals surface area contributed by atoms with Crippen LogP contribution in [0.4, 0.5) is 5.69 Å². The molecule has 6 nitrogen and oxygen atoms in total. The number of carbonyl (C=O) groups is 1. The van der Waals surface area contributed by atoms with E-state index in [1.807, 2.05) is 44.2 Å². The molecule has 0 fully saturated rings. The van der Waals surface area contributed by atoms with Crippen molar-refractivity contribution in [3.63, 3.8) is 0 Å². The molecule has 0 saturated carbocycles. The number of hydrogen-bond donors (Lipinski definition) is 0. The molecule has 3 rings (SSSR count). The summed E-state index contributed by atoms with van der Waals surface area (Å²) >= 11 is 0. The molecule has 1 aliphatic rings. The van der Waals surface area contributed by atoms with E-state index in [0.717, 1.165) is 5.56 Å². The second-order valence-corrected chi connectivity index (χ2v) is 6.27. The second-order valence-electron chi connectivity index (χ2n) is 6.27. The monoisotopic (exact) mass is 326 g/mol. The van der Waals surface area contributed by atoms with Gasteiger partial charge in [-0.05, 0) is 19.4 Å². The number of fused-ring (bicyclic) bond motifs is 1. The minimum Gasteiger partial charge on any atom is -0.472 e. The van der Waals surface area contributed by atoms with Gasteiger partial charge in [-0.15, -0.1) is 0 Å². The molecular formula is C18H18N2O4. The smallest absolute Gasteiger partial charge is 0.270 e. The van der Waals surface area contributed by atoms with Gasteiger partial charge in [0.25, 0.3) is 5.69 Å². The first-order valence-electron chi connectivity index (χ1n) is 7.61. The van der Waals surface area contributed by atoms with E-state index in [1.165, 1.54) is 19.1 Å². The molecular weight excluding hydrogens is 308 g/mol. The van der Waals surface area contributed by atoms with Crippen molar-refractivity contribution >= 4 is 11.6 Å². The van der Waals surface area contributed by atoms with Gasteiger partial charge in [0.1, 0.15) is 5.75 Å². The summed E-state index contributed by atoms with van der Waals surface area (Å²) in [5, 5.41) is 11.4. The standard InChI is InChI=1S/C18H18N2O4/c1-12(21)19-11-24-17-15(13-7-5-4-6-8-13)9-14(20(22)23)10-16(17)18(19,2)3/h4-10H,11H2,1-3H3. The molecule has 0 aromatic heterocycles. The number of rotatable bonds is 2. The Hall–Kier alpha value is -2.89. The fraction of sp³-hybridized carbons (Fsp3) is 0.278. The van der Waals surface area contributed by atoms with Crippen LogP contribution in [0, 0.1) is 10.1 Å². The fourth-order valence-electron chi connectivity index (χ4n) is 3.08. The first-order valence-corrected chi connectivity index (χ1v) is 7.61. The minimum atomic E-state index is -0.699. The molecule has 0 unspecified atom stereocenters. The van der Waals surface area contributed by atoms with Gasteiger partial charge in [0.05, 0.1) is 10.5 Å². The molecule has 0 spiro atoms. The van der Waals surface area contributed by atoms with Gasteiger partial charge in [-0.1, -0.05) is 30.3 Å². The molecule has 0 bridgehead atoms. The van der Waals surface area contributed by atoms with E-state index in [9.17, 15) is 14.9 Å². The van der Waals surface area contributed by atoms with E-state index in [2.05, 4.69) is 0 Å². The highest BCUT2D eigenvalue weighted by Crippen LogP contribution is 2.46. The highest BCUT2D eigenvalue weighted by Gasteiger charge is 2.40. The fourth-order valence-corrected chi connectivity index (χ4v) is 3.08. The molecule has 0 N–H and O–H groups in total. The van der Waals surface area contributed by atoms with Crippen molar-refractivity contribution in [2.24, 2.45) is 0 Å². The van der Waals surface area contributed by atoms with Gasteiger partial charge in [-0.3, -0.25) is 14.9 Å². The van der Waals surface area contributed by atoms with Gasteiger partial charge in [-0.25, -0.2) is 0 Å². The summed E-state index contributed by atoms with van der Waals surface area (Å²) in [7, 11) is 0. The summed E-state index contributed by atoms with van der Waals surface area (Å²) < 4.78 is 5.84. The van der Waals surface area contributed by atoms with Crippen LogP contribution >= 0.6 is 0 Å². The Morgan fingerprint density at radius 1 is 1.25 bits per heavy atom. The van der Waals surface area contributed by atoms with Gasteiger partial charge in [-0.2, -0.15) is 0 Å². The number of benzene rings is 2. The van der Waals surface area contributed by atoms with Crippen molar-refractivity contribution in [3.05, 3.63) is 58.1 Å². The molecule has 2 aromatic carbocycles. The topological polar surface area (TPSA) is 72.7 Å². The Bertz CT molecular complexity index is 815. The zero-order valence-corrected chi connectivity index (χ0v) is 13.8. The Labute approximate surface area is 139 Å². The van der Waals surface area contributed by atoms with Crippen LogP contribution in [0.15, 0.2) is 42.5 Å². The molecule has 1 heterocycles. The zero-order valence-electron chi connectivity index (χ0n) is 13.8. The molecule has 0 atom stereocenters. The largest absolute Gasteiger partial charge is 0.472 e. The van der Waals surface area contributed by atoms with E-state index in [4.69, 9.17) is 4.74 Å². The minimum absolute atomic E-state index is 0.0188. The van der Waals surface area contributed by atoms with Crippen LogP contribution < -0.4 is 4.74 Å². The maximum atomic E-state index is 11.9. The summed E-state index contributed by atoms with van der Waals surface area (Å²) in [5.74, 6) is 0.452. The molecule has 0 radical (unpaired) electrons. The predicted molar refractivity (Wildman–Crippen MR) is 89.6 cm³/mol. The van der Waals surface area contributed by atoms with Gasteiger partial charge < -0.3 is 9.64 Å². The number of nitro groups is 1. The zero-order chi connectivity index (χ0) is 17.5. The van der Waals surface area contributed by atoms with Gasteiger partial charge >= 0.3 is 0 Å². The highest BCUT2D eigenvalue weighted by atomic mass is 16.6. The summed E-state index contributed by atoms with van der Waals surface area (Å²) in [6.07, 6.45) is 0. The number of ether oxygens (including phenoxy) is 1. The summed E-state index contributed by atoms with van der Waals surface area (Å²) in [6, 6.07) is 12.4. The maximum Gasteiger partial charge on any atom is 0.270 e. The number of nitrogens with zero attached hydrogens (tertiary/aromatic N) is 2. The second kappa shape index (κ2) is 5.63. The van der Waals surface area contributed by atoms with Crippen LogP contribution in [0.3, 0.4) is 0 Å². The first-order chi connectivity index (χ1) is 11.3. The normalized spacial score (nSPS) is 15.4. The molecule has 0 saturated heterocycles. The van der Waals surface area contributed by atoms with Gasteiger partial charge in [0, 0.05) is 30.2 Å². The molecule has 1 amide bonds. The average Bonchev–Trinajstić information content (AvgIpc) is 2.54. The molecule has 6 heteroatoms. The highest BCUT2D eigenvalue weighted by molar-refractivity contribution is 5.79. The van der Waals surface area contributed by atoms with Crippen LogP contribution in [0.1, 0.15) is 26.3 Å². The maximum absolute atomic E-state index is 11.9. The van der Waals surface area contributed by atoms with Crippen molar-refractivity contribution in [1.82, 2.24) is 4.90 Å². The third-order valence-electron chi connectivity index (χ3n) is 4.42. The lowest BCUT2D eigenvalue weighted by Gasteiger charge is -2.43. The van der Waals surface area contributed by atoms with Crippen molar-refractivity contribution in [3.8, 4) is 16.9 Å². The summed E-state index contributed by atoms with van der Waals surface area (Å²) in [4.78, 5) is 24.4. The number of carbonyl (C=O) groups excluding carboxylic acids is 1. The average molecular weight is 326 g/mol. The lowest BCUT2D eigenvalue weighted by Crippen LogP contribution is -2.49. The number of nitro benzene ring substituents is 1. The van der Waals surface area contributed by atoms with Crippen LogP contribution in [0.2, 0.25) is 0 Å². The van der Waals surface area contributed by atoms with Crippen molar-refractivity contribution < 1.29 is 14.5 Å². The van der Waals surface area contributed by atoms with Gasteiger partial charge in [0.2, 0.25) is 5.91 Å². The number of amides is 1. The lowest BCUT2D eigenvalue weighted by atomic mass is 9.87. The summed E-state index contributed by atoms with van der Waals surface area (Å²) in [5.41, 5.74) is 1.42. The van der Waals surface area contributed by atoms with E-state index in [0.29, 0.717) is 16.9 Å². The quantitative estimate of drug-likeness (QED) is 0.623. The van der Waals surface area contributed by atoms with E-state index in [1.54, 1.807) is 4.90 Å². The SMILES string of the molecule is CC(=O)N1COc2c(-c3ccccc3)cc([N+](=O)[O-])cc2C1(C)C. The molecule has 124 valence electrons. The Morgan fingerprint density at radius 2 is 1.92 bits per heavy atom. The third kappa shape index (κ3) is 2.50. The van der Waals surface area contributed by atoms with Crippen molar-refractivity contribution in [2.75, 3.05) is 6.73 Å². The van der Waals surface area contributed by atoms with Crippen molar-refractivity contribution in [1.29, 1.82) is 0 Å². The van der Waals surface area contributed by atoms with E-state index >= 15 is 0 Å². The Kier molecular flexibility index (Phi) is 3.75. The molecule has 2 aromatic rings. The molecule has 24 heavy (non-hydrogen) atoms. The van der Waals surface area contributed by atoms with Crippen LogP contribution in [-0.4, -0.2) is 22.5 Å². The third-order valence-corrected chi connectivity index (χ3v) is 4.42. The van der Waals surface area contributed by atoms with Gasteiger partial charge in [0.15, 0.2) is 6.73 Å². The molecule has 0 aliphatic carbocycles. The molecule has 1 aliphatic heterocycles. The first kappa shape index (κ1) is 16.0. The predicted octanol–water partition coefficient (Wildman–Crippen LogP) is 3.70.